The first kappa shape index (κ1) is 26.2. The molecule has 0 spiro atoms. The van der Waals surface area contributed by atoms with Gasteiger partial charge in [-0.3, -0.25) is 0 Å². The molecule has 0 unspecified atom stereocenters. The standard InChI is InChI=1S/C33H28NO.C13H12N.Ir/c1-33(2)15-12-21(13-16-33)23-14-17-34-30(19-23)27-9-5-8-26-29-18-24-11-10-22-6-3-4-7-25(22)28(24)20-31(29)35-32(26)27;1-10-3-6-12(7-4-10)13-8-5-11(2)9-14-13;/h3-8,10-11,14,17-21H,12-13,15-16H2,1-2H3;3-6,8-9H,1-2H3;/q2*-1;/i21D;1D3,2D3;. The molecule has 0 saturated heterocycles. The average molecular weight is 836 g/mol. The van der Waals surface area contributed by atoms with Gasteiger partial charge in [0.05, 0.1) is 5.58 Å². The van der Waals surface area contributed by atoms with Crippen LogP contribution in [0.1, 0.15) is 71.7 Å². The molecule has 3 heterocycles. The minimum absolute atomic E-state index is 0. The maximum Gasteiger partial charge on any atom is 0.121 e. The summed E-state index contributed by atoms with van der Waals surface area (Å²) in [6.07, 6.45) is 7.04. The van der Waals surface area contributed by atoms with Crippen molar-refractivity contribution < 1.29 is 34.1 Å². The summed E-state index contributed by atoms with van der Waals surface area (Å²) in [4.78, 5) is 8.78. The normalized spacial score (nSPS) is 17.6. The zero-order valence-corrected chi connectivity index (χ0v) is 30.3. The number of furan rings is 1. The van der Waals surface area contributed by atoms with Gasteiger partial charge in [-0.1, -0.05) is 91.8 Å². The Kier molecular flexibility index (Phi) is 7.31. The second-order valence-electron chi connectivity index (χ2n) is 13.7. The van der Waals surface area contributed by atoms with Gasteiger partial charge in [0, 0.05) is 47.5 Å². The van der Waals surface area contributed by atoms with E-state index in [1.54, 1.807) is 12.1 Å². The molecule has 4 heteroatoms. The summed E-state index contributed by atoms with van der Waals surface area (Å²) in [6.45, 7) is 0.288. The Bertz CT molecular complexity index is 2650. The molecule has 1 aliphatic rings. The van der Waals surface area contributed by atoms with E-state index >= 15 is 0 Å². The number of aryl methyl sites for hydroxylation is 2. The molecule has 0 bridgehead atoms. The Hall–Kier alpha value is -4.63. The molecule has 1 aliphatic carbocycles. The molecule has 8 aromatic rings. The van der Waals surface area contributed by atoms with Crippen LogP contribution in [-0.2, 0) is 20.1 Å². The van der Waals surface area contributed by atoms with Gasteiger partial charge >= 0.3 is 0 Å². The van der Waals surface area contributed by atoms with Gasteiger partial charge in [-0.25, -0.2) is 0 Å². The van der Waals surface area contributed by atoms with E-state index in [0.29, 0.717) is 16.7 Å². The molecule has 251 valence electrons. The van der Waals surface area contributed by atoms with E-state index in [4.69, 9.17) is 17.6 Å². The molecule has 3 nitrogen and oxygen atoms in total. The van der Waals surface area contributed by atoms with Crippen LogP contribution in [0.3, 0.4) is 0 Å². The third-order valence-corrected chi connectivity index (χ3v) is 9.78. The van der Waals surface area contributed by atoms with Gasteiger partial charge in [0.15, 0.2) is 0 Å². The third-order valence-electron chi connectivity index (χ3n) is 9.78. The van der Waals surface area contributed by atoms with E-state index in [9.17, 15) is 1.37 Å². The predicted octanol–water partition coefficient (Wildman–Crippen LogP) is 12.6. The summed E-state index contributed by atoms with van der Waals surface area (Å²) in [5, 5.41) is 7.03. The van der Waals surface area contributed by atoms with Crippen molar-refractivity contribution >= 4 is 43.5 Å². The van der Waals surface area contributed by atoms with Crippen molar-refractivity contribution in [3.8, 4) is 22.5 Å². The summed E-state index contributed by atoms with van der Waals surface area (Å²) in [5.74, 6) is -0.562. The fourth-order valence-corrected chi connectivity index (χ4v) is 6.87. The maximum atomic E-state index is 9.24. The van der Waals surface area contributed by atoms with E-state index in [2.05, 4.69) is 91.6 Å². The fourth-order valence-electron chi connectivity index (χ4n) is 6.87. The van der Waals surface area contributed by atoms with Gasteiger partial charge in [0.25, 0.3) is 0 Å². The molecule has 9 rings (SSSR count). The minimum Gasteiger partial charge on any atom is -0.501 e. The monoisotopic (exact) mass is 836 g/mol. The molecule has 0 N–H and O–H groups in total. The Morgan fingerprint density at radius 1 is 0.760 bits per heavy atom. The van der Waals surface area contributed by atoms with Crippen molar-refractivity contribution in [2.45, 2.75) is 59.1 Å². The van der Waals surface area contributed by atoms with Gasteiger partial charge < -0.3 is 14.4 Å². The van der Waals surface area contributed by atoms with Crippen LogP contribution in [0.5, 0.6) is 0 Å². The van der Waals surface area contributed by atoms with Gasteiger partial charge in [-0.15, -0.1) is 53.6 Å². The molecule has 1 fully saturated rings. The molecule has 1 saturated carbocycles. The van der Waals surface area contributed by atoms with E-state index in [-0.39, 0.29) is 31.2 Å². The summed E-state index contributed by atoms with van der Waals surface area (Å²) in [7, 11) is 0. The molecule has 1 radical (unpaired) electrons. The van der Waals surface area contributed by atoms with Crippen LogP contribution in [0.25, 0.3) is 66.0 Å². The fraction of sp³-hybridized carbons (Fsp3) is 0.217. The molecule has 5 aromatic carbocycles. The minimum atomic E-state index is -2.18. The Morgan fingerprint density at radius 2 is 1.58 bits per heavy atom. The van der Waals surface area contributed by atoms with Crippen LogP contribution >= 0.6 is 0 Å². The van der Waals surface area contributed by atoms with Gasteiger partial charge in [-0.2, -0.15) is 0 Å². The Labute approximate surface area is 318 Å². The zero-order chi connectivity index (χ0) is 39.5. The summed E-state index contributed by atoms with van der Waals surface area (Å²) in [6, 6.07) is 39.3. The largest absolute Gasteiger partial charge is 0.501 e. The first-order valence-electron chi connectivity index (χ1n) is 20.2. The number of hydrogen-bond donors (Lipinski definition) is 0. The zero-order valence-electron chi connectivity index (χ0n) is 34.9. The topological polar surface area (TPSA) is 38.9 Å². The van der Waals surface area contributed by atoms with Crippen LogP contribution < -0.4 is 0 Å². The van der Waals surface area contributed by atoms with Crippen molar-refractivity contribution in [1.82, 2.24) is 9.97 Å². The smallest absolute Gasteiger partial charge is 0.121 e. The SMILES string of the molecule is [2H]C([2H])([2H])c1c[c-]c(-c2ccc(C([2H])([2H])[2H])cn2)cc1.[2H]C1(c2ccnc(-c3[c-]ccc4c3oc3cc5c(ccc6ccccc65)cc34)c2)CCC(C)(C)CC1.[Ir]. The first-order valence-corrected chi connectivity index (χ1v) is 16.7. The van der Waals surface area contributed by atoms with E-state index in [1.165, 1.54) is 45.9 Å². The second kappa shape index (κ2) is 13.9. The molecule has 50 heavy (non-hydrogen) atoms. The predicted molar refractivity (Wildman–Crippen MR) is 204 cm³/mol. The van der Waals surface area contributed by atoms with Crippen molar-refractivity contribution in [3.63, 3.8) is 0 Å². The average Bonchev–Trinajstić information content (AvgIpc) is 3.56. The van der Waals surface area contributed by atoms with Gasteiger partial charge in [0.1, 0.15) is 5.58 Å². The van der Waals surface area contributed by atoms with Crippen LogP contribution in [0.4, 0.5) is 0 Å². The number of benzene rings is 5. The number of pyridine rings is 2. The Morgan fingerprint density at radius 3 is 2.36 bits per heavy atom. The van der Waals surface area contributed by atoms with E-state index < -0.39 is 19.6 Å². The number of aromatic nitrogens is 2. The van der Waals surface area contributed by atoms with Crippen LogP contribution in [-0.4, -0.2) is 9.97 Å². The third kappa shape index (κ3) is 6.75. The number of nitrogens with zero attached hydrogens (tertiary/aromatic N) is 2. The molecular weight excluding hydrogens is 789 g/mol. The van der Waals surface area contributed by atoms with E-state index in [0.717, 1.165) is 64.4 Å². The molecule has 3 aromatic heterocycles. The summed E-state index contributed by atoms with van der Waals surface area (Å²) < 4.78 is 59.4. The van der Waals surface area contributed by atoms with Gasteiger partial charge in [-0.05, 0) is 101 Å². The second-order valence-corrected chi connectivity index (χ2v) is 13.7. The first-order chi connectivity index (χ1) is 26.6. The molecular formula is C46H40IrN2O-2. The number of fused-ring (bicyclic) bond motifs is 6. The van der Waals surface area contributed by atoms with Crippen LogP contribution in [0.2, 0.25) is 0 Å². The van der Waals surface area contributed by atoms with Crippen molar-refractivity contribution in [1.29, 1.82) is 0 Å². The maximum absolute atomic E-state index is 9.24. The molecule has 0 atom stereocenters. The van der Waals surface area contributed by atoms with Crippen LogP contribution in [0, 0.1) is 31.3 Å². The van der Waals surface area contributed by atoms with Crippen LogP contribution in [0.15, 0.2) is 120 Å². The van der Waals surface area contributed by atoms with Gasteiger partial charge in [0.2, 0.25) is 0 Å². The summed E-state index contributed by atoms with van der Waals surface area (Å²) in [5.41, 5.74) is 6.27. The summed E-state index contributed by atoms with van der Waals surface area (Å²) >= 11 is 0. The number of hydrogen-bond acceptors (Lipinski definition) is 3. The molecule has 0 amide bonds. The quantitative estimate of drug-likeness (QED) is 0.131. The van der Waals surface area contributed by atoms with E-state index in [1.807, 2.05) is 18.3 Å². The van der Waals surface area contributed by atoms with Crippen molar-refractivity contribution in [3.05, 3.63) is 144 Å². The van der Waals surface area contributed by atoms with Crippen molar-refractivity contribution in [2.24, 2.45) is 5.41 Å². The number of rotatable bonds is 3. The molecule has 0 aliphatic heterocycles. The van der Waals surface area contributed by atoms with Crippen molar-refractivity contribution in [2.75, 3.05) is 0 Å². The Balaban J connectivity index is 0.000000202.